The van der Waals surface area contributed by atoms with Crippen LogP contribution in [0.3, 0.4) is 0 Å². The third-order valence-corrected chi connectivity index (χ3v) is 4.41. The predicted molar refractivity (Wildman–Crippen MR) is 111 cm³/mol. The Balaban J connectivity index is 1.99. The molecule has 9 nitrogen and oxygen atoms in total. The summed E-state index contributed by atoms with van der Waals surface area (Å²) in [6.45, 7) is 6.18. The van der Waals surface area contributed by atoms with Gasteiger partial charge in [-0.15, -0.1) is 0 Å². The molecule has 0 saturated carbocycles. The summed E-state index contributed by atoms with van der Waals surface area (Å²) in [5, 5.41) is 5.12. The SMILES string of the molecule is CC(C)C[C@H](NC(=O)OCc1ccccc1)C(=O)NC(=CN1CCOCC1)C(N)=O. The highest BCUT2D eigenvalue weighted by atomic mass is 16.5. The van der Waals surface area contributed by atoms with Gasteiger partial charge >= 0.3 is 6.09 Å². The Kier molecular flexibility index (Phi) is 9.14. The fourth-order valence-corrected chi connectivity index (χ4v) is 2.88. The van der Waals surface area contributed by atoms with Crippen LogP contribution in [0.2, 0.25) is 0 Å². The molecule has 1 atom stereocenters. The minimum atomic E-state index is -0.874. The maximum Gasteiger partial charge on any atom is 0.408 e. The van der Waals surface area contributed by atoms with E-state index >= 15 is 0 Å². The lowest BCUT2D eigenvalue weighted by Gasteiger charge is -2.26. The van der Waals surface area contributed by atoms with Crippen LogP contribution in [0.4, 0.5) is 4.79 Å². The van der Waals surface area contributed by atoms with Gasteiger partial charge in [-0.3, -0.25) is 9.59 Å². The number of nitrogens with zero attached hydrogens (tertiary/aromatic N) is 1. The molecule has 2 rings (SSSR count). The molecule has 0 unspecified atom stereocenters. The van der Waals surface area contributed by atoms with Gasteiger partial charge in [0.1, 0.15) is 18.3 Å². The second-order valence-corrected chi connectivity index (χ2v) is 7.43. The van der Waals surface area contributed by atoms with E-state index in [4.69, 9.17) is 15.2 Å². The molecule has 0 aliphatic carbocycles. The van der Waals surface area contributed by atoms with Crippen LogP contribution in [0, 0.1) is 5.92 Å². The Hall–Kier alpha value is -3.07. The number of primary amides is 1. The van der Waals surface area contributed by atoms with Gasteiger partial charge in [0.15, 0.2) is 0 Å². The topological polar surface area (TPSA) is 123 Å². The molecule has 0 aromatic heterocycles. The van der Waals surface area contributed by atoms with Crippen LogP contribution in [0.25, 0.3) is 0 Å². The quantitative estimate of drug-likeness (QED) is 0.516. The van der Waals surface area contributed by atoms with E-state index in [1.165, 1.54) is 6.20 Å². The van der Waals surface area contributed by atoms with Gasteiger partial charge in [0.25, 0.3) is 5.91 Å². The number of carbonyl (C=O) groups is 3. The number of hydrogen-bond acceptors (Lipinski definition) is 6. The third kappa shape index (κ3) is 8.12. The summed E-state index contributed by atoms with van der Waals surface area (Å²) in [7, 11) is 0. The highest BCUT2D eigenvalue weighted by Gasteiger charge is 2.25. The van der Waals surface area contributed by atoms with Crippen LogP contribution in [-0.4, -0.2) is 55.2 Å². The summed E-state index contributed by atoms with van der Waals surface area (Å²) < 4.78 is 10.5. The number of alkyl carbamates (subject to hydrolysis) is 1. The van der Waals surface area contributed by atoms with Crippen molar-refractivity contribution in [1.29, 1.82) is 0 Å². The molecule has 0 bridgehead atoms. The first-order valence-electron chi connectivity index (χ1n) is 9.96. The lowest BCUT2D eigenvalue weighted by molar-refractivity contribution is -0.124. The molecule has 1 saturated heterocycles. The minimum absolute atomic E-state index is 0.0323. The summed E-state index contributed by atoms with van der Waals surface area (Å²) in [5.74, 6) is -1.17. The standard InChI is InChI=1S/C21H30N4O5/c1-15(2)12-17(24-21(28)30-14-16-6-4-3-5-7-16)20(27)23-18(19(22)26)13-25-8-10-29-11-9-25/h3-7,13,15,17H,8-12,14H2,1-2H3,(H2,22,26)(H,23,27)(H,24,28)/t17-/m0/s1. The maximum atomic E-state index is 12.8. The Bertz CT molecular complexity index is 745. The van der Waals surface area contributed by atoms with Gasteiger partial charge in [-0.1, -0.05) is 44.2 Å². The van der Waals surface area contributed by atoms with Gasteiger partial charge < -0.3 is 30.7 Å². The average Bonchev–Trinajstić information content (AvgIpc) is 2.72. The molecular formula is C21H30N4O5. The number of hydrogen-bond donors (Lipinski definition) is 3. The number of nitrogens with one attached hydrogen (secondary N) is 2. The Labute approximate surface area is 176 Å². The van der Waals surface area contributed by atoms with Crippen molar-refractivity contribution in [3.05, 3.63) is 47.8 Å². The molecule has 0 radical (unpaired) electrons. The number of morpholine rings is 1. The number of ether oxygens (including phenoxy) is 2. The van der Waals surface area contributed by atoms with Gasteiger partial charge in [0, 0.05) is 19.3 Å². The normalized spacial score (nSPS) is 15.4. The molecule has 4 N–H and O–H groups in total. The van der Waals surface area contributed by atoms with Crippen LogP contribution in [0.5, 0.6) is 0 Å². The molecule has 1 aliphatic heterocycles. The first-order valence-corrected chi connectivity index (χ1v) is 9.96. The van der Waals surface area contributed by atoms with Crippen molar-refractivity contribution in [3.63, 3.8) is 0 Å². The molecular weight excluding hydrogens is 388 g/mol. The molecule has 9 heteroatoms. The zero-order chi connectivity index (χ0) is 21.9. The van der Waals surface area contributed by atoms with Crippen molar-refractivity contribution in [2.75, 3.05) is 26.3 Å². The van der Waals surface area contributed by atoms with Crippen molar-refractivity contribution in [2.45, 2.75) is 32.9 Å². The van der Waals surface area contributed by atoms with E-state index in [-0.39, 0.29) is 18.2 Å². The fraction of sp³-hybridized carbons (Fsp3) is 0.476. The van der Waals surface area contributed by atoms with Crippen LogP contribution in [0.1, 0.15) is 25.8 Å². The fourth-order valence-electron chi connectivity index (χ4n) is 2.88. The van der Waals surface area contributed by atoms with Crippen molar-refractivity contribution < 1.29 is 23.9 Å². The number of nitrogens with two attached hydrogens (primary N) is 1. The lowest BCUT2D eigenvalue weighted by atomic mass is 10.0. The highest BCUT2D eigenvalue weighted by Crippen LogP contribution is 2.08. The number of amides is 3. The van der Waals surface area contributed by atoms with E-state index in [2.05, 4.69) is 10.6 Å². The molecule has 1 heterocycles. The Morgan fingerprint density at radius 2 is 1.87 bits per heavy atom. The van der Waals surface area contributed by atoms with Crippen molar-refractivity contribution >= 4 is 17.9 Å². The van der Waals surface area contributed by atoms with Crippen LogP contribution in [0.15, 0.2) is 42.2 Å². The molecule has 164 valence electrons. The van der Waals surface area contributed by atoms with Gasteiger partial charge in [-0.2, -0.15) is 0 Å². The van der Waals surface area contributed by atoms with E-state index in [0.717, 1.165) is 5.56 Å². The molecule has 1 fully saturated rings. The summed E-state index contributed by atoms with van der Waals surface area (Å²) in [5.41, 5.74) is 6.23. The second-order valence-electron chi connectivity index (χ2n) is 7.43. The van der Waals surface area contributed by atoms with E-state index in [9.17, 15) is 14.4 Å². The van der Waals surface area contributed by atoms with Crippen molar-refractivity contribution in [1.82, 2.24) is 15.5 Å². The number of carbonyl (C=O) groups excluding carboxylic acids is 3. The summed E-state index contributed by atoms with van der Waals surface area (Å²) in [6.07, 6.45) is 1.18. The maximum absolute atomic E-state index is 12.8. The largest absolute Gasteiger partial charge is 0.445 e. The molecule has 3 amide bonds. The van der Waals surface area contributed by atoms with Gasteiger partial charge in [-0.05, 0) is 17.9 Å². The van der Waals surface area contributed by atoms with Gasteiger partial charge in [0.05, 0.1) is 13.2 Å². The van der Waals surface area contributed by atoms with Crippen LogP contribution in [-0.2, 0) is 25.7 Å². The Morgan fingerprint density at radius 1 is 1.20 bits per heavy atom. The Morgan fingerprint density at radius 3 is 2.47 bits per heavy atom. The average molecular weight is 418 g/mol. The highest BCUT2D eigenvalue weighted by molar-refractivity contribution is 5.98. The smallest absolute Gasteiger partial charge is 0.408 e. The van der Waals surface area contributed by atoms with Gasteiger partial charge in [-0.25, -0.2) is 4.79 Å². The lowest BCUT2D eigenvalue weighted by Crippen LogP contribution is -2.49. The first kappa shape index (κ1) is 23.2. The molecule has 0 spiro atoms. The van der Waals surface area contributed by atoms with E-state index < -0.39 is 23.9 Å². The summed E-state index contributed by atoms with van der Waals surface area (Å²) in [6, 6.07) is 8.35. The molecule has 30 heavy (non-hydrogen) atoms. The second kappa shape index (κ2) is 11.8. The zero-order valence-electron chi connectivity index (χ0n) is 17.4. The zero-order valence-corrected chi connectivity index (χ0v) is 17.4. The van der Waals surface area contributed by atoms with E-state index in [0.29, 0.717) is 32.7 Å². The van der Waals surface area contributed by atoms with Crippen molar-refractivity contribution in [3.8, 4) is 0 Å². The molecule has 1 aromatic rings. The third-order valence-electron chi connectivity index (χ3n) is 4.41. The summed E-state index contributed by atoms with van der Waals surface area (Å²) in [4.78, 5) is 38.6. The van der Waals surface area contributed by atoms with Crippen molar-refractivity contribution in [2.24, 2.45) is 11.7 Å². The van der Waals surface area contributed by atoms with Crippen LogP contribution < -0.4 is 16.4 Å². The monoisotopic (exact) mass is 418 g/mol. The number of rotatable bonds is 9. The van der Waals surface area contributed by atoms with E-state index in [1.54, 1.807) is 0 Å². The van der Waals surface area contributed by atoms with Crippen LogP contribution >= 0.6 is 0 Å². The molecule has 1 aliphatic rings. The number of benzene rings is 1. The summed E-state index contributed by atoms with van der Waals surface area (Å²) >= 11 is 0. The first-order chi connectivity index (χ1) is 14.3. The van der Waals surface area contributed by atoms with E-state index in [1.807, 2.05) is 49.1 Å². The predicted octanol–water partition coefficient (Wildman–Crippen LogP) is 1.10. The minimum Gasteiger partial charge on any atom is -0.445 e. The molecule has 1 aromatic carbocycles. The van der Waals surface area contributed by atoms with Gasteiger partial charge in [0.2, 0.25) is 5.91 Å².